The van der Waals surface area contributed by atoms with E-state index < -0.39 is 17.5 Å². The van der Waals surface area contributed by atoms with Crippen LogP contribution in [0, 0.1) is 11.6 Å². The Morgan fingerprint density at radius 3 is 2.67 bits per heavy atom. The van der Waals surface area contributed by atoms with Crippen molar-refractivity contribution < 1.29 is 18.3 Å². The van der Waals surface area contributed by atoms with Gasteiger partial charge < -0.3 is 10.1 Å². The van der Waals surface area contributed by atoms with Crippen LogP contribution in [0.1, 0.15) is 17.3 Å². The first kappa shape index (κ1) is 15.4. The van der Waals surface area contributed by atoms with Crippen molar-refractivity contribution in [1.82, 2.24) is 0 Å². The van der Waals surface area contributed by atoms with Gasteiger partial charge in [0.15, 0.2) is 0 Å². The summed E-state index contributed by atoms with van der Waals surface area (Å²) in [6.45, 7) is 2.10. The zero-order chi connectivity index (χ0) is 15.4. The molecule has 0 aliphatic rings. The summed E-state index contributed by atoms with van der Waals surface area (Å²) in [4.78, 5) is 12.1. The molecule has 2 rings (SSSR count). The maximum Gasteiger partial charge on any atom is 0.255 e. The molecule has 0 saturated carbocycles. The second-order valence-electron chi connectivity index (χ2n) is 4.16. The van der Waals surface area contributed by atoms with Gasteiger partial charge in [0.25, 0.3) is 5.91 Å². The molecule has 6 heteroatoms. The standard InChI is InChI=1S/C15H12BrF2NO2/c1-2-21-14-8-10(17)4-6-13(14)19-15(20)9-3-5-12(18)11(16)7-9/h3-8H,2H2,1H3,(H,19,20). The van der Waals surface area contributed by atoms with Crippen LogP contribution < -0.4 is 10.1 Å². The molecule has 2 aromatic carbocycles. The lowest BCUT2D eigenvalue weighted by Gasteiger charge is -2.11. The first-order chi connectivity index (χ1) is 10.0. The van der Waals surface area contributed by atoms with Crippen molar-refractivity contribution >= 4 is 27.5 Å². The molecule has 3 nitrogen and oxygen atoms in total. The summed E-state index contributed by atoms with van der Waals surface area (Å²) in [6.07, 6.45) is 0. The molecule has 0 aliphatic heterocycles. The number of hydrogen-bond donors (Lipinski definition) is 1. The van der Waals surface area contributed by atoms with E-state index in [1.54, 1.807) is 6.92 Å². The fourth-order valence-corrected chi connectivity index (χ4v) is 2.09. The van der Waals surface area contributed by atoms with Crippen molar-refractivity contribution in [3.05, 3.63) is 58.1 Å². The molecule has 1 N–H and O–H groups in total. The van der Waals surface area contributed by atoms with Crippen molar-refractivity contribution in [3.8, 4) is 5.75 Å². The van der Waals surface area contributed by atoms with Gasteiger partial charge in [0, 0.05) is 11.6 Å². The molecule has 0 atom stereocenters. The van der Waals surface area contributed by atoms with Crippen molar-refractivity contribution in [2.45, 2.75) is 6.92 Å². The highest BCUT2D eigenvalue weighted by atomic mass is 79.9. The van der Waals surface area contributed by atoms with E-state index in [1.807, 2.05) is 0 Å². The Morgan fingerprint density at radius 2 is 2.00 bits per heavy atom. The number of anilines is 1. The molecule has 0 spiro atoms. The van der Waals surface area contributed by atoms with E-state index in [9.17, 15) is 13.6 Å². The van der Waals surface area contributed by atoms with Gasteiger partial charge in [-0.2, -0.15) is 0 Å². The van der Waals surface area contributed by atoms with E-state index in [2.05, 4.69) is 21.2 Å². The quantitative estimate of drug-likeness (QED) is 0.883. The van der Waals surface area contributed by atoms with Gasteiger partial charge >= 0.3 is 0 Å². The number of halogens is 3. The molecular weight excluding hydrogens is 344 g/mol. The molecular formula is C15H12BrF2NO2. The lowest BCUT2D eigenvalue weighted by atomic mass is 10.2. The van der Waals surface area contributed by atoms with Crippen molar-refractivity contribution in [1.29, 1.82) is 0 Å². The van der Waals surface area contributed by atoms with Gasteiger partial charge in [-0.15, -0.1) is 0 Å². The highest BCUT2D eigenvalue weighted by Crippen LogP contribution is 2.26. The number of carbonyl (C=O) groups is 1. The van der Waals surface area contributed by atoms with Gasteiger partial charge in [-0.25, -0.2) is 8.78 Å². The van der Waals surface area contributed by atoms with Crippen molar-refractivity contribution in [2.75, 3.05) is 11.9 Å². The Labute approximate surface area is 129 Å². The van der Waals surface area contributed by atoms with Crippen molar-refractivity contribution in [2.24, 2.45) is 0 Å². The third-order valence-corrected chi connectivity index (χ3v) is 3.28. The van der Waals surface area contributed by atoms with E-state index in [-0.39, 0.29) is 15.8 Å². The number of ether oxygens (including phenoxy) is 1. The maximum atomic E-state index is 13.2. The van der Waals surface area contributed by atoms with Crippen molar-refractivity contribution in [3.63, 3.8) is 0 Å². The molecule has 2 aromatic rings. The van der Waals surface area contributed by atoms with E-state index >= 15 is 0 Å². The molecule has 0 aliphatic carbocycles. The summed E-state index contributed by atoms with van der Waals surface area (Å²) >= 11 is 3.02. The summed E-state index contributed by atoms with van der Waals surface area (Å²) in [5, 5.41) is 2.61. The van der Waals surface area contributed by atoms with Crippen LogP contribution in [-0.2, 0) is 0 Å². The van der Waals surface area contributed by atoms with Gasteiger partial charge in [-0.3, -0.25) is 4.79 Å². The summed E-state index contributed by atoms with van der Waals surface area (Å²) in [6, 6.07) is 7.75. The van der Waals surface area contributed by atoms with Gasteiger partial charge in [-0.1, -0.05) is 0 Å². The summed E-state index contributed by atoms with van der Waals surface area (Å²) in [5.41, 5.74) is 0.624. The van der Waals surface area contributed by atoms with Gasteiger partial charge in [0.1, 0.15) is 17.4 Å². The topological polar surface area (TPSA) is 38.3 Å². The molecule has 0 radical (unpaired) electrons. The van der Waals surface area contributed by atoms with Crippen LogP contribution in [0.25, 0.3) is 0 Å². The number of hydrogen-bond acceptors (Lipinski definition) is 2. The second kappa shape index (κ2) is 6.67. The van der Waals surface area contributed by atoms with E-state index in [0.717, 1.165) is 0 Å². The third kappa shape index (κ3) is 3.78. The minimum Gasteiger partial charge on any atom is -0.492 e. The monoisotopic (exact) mass is 355 g/mol. The van der Waals surface area contributed by atoms with Crippen LogP contribution in [0.3, 0.4) is 0 Å². The first-order valence-electron chi connectivity index (χ1n) is 6.20. The number of nitrogens with one attached hydrogen (secondary N) is 1. The number of benzene rings is 2. The average molecular weight is 356 g/mol. The van der Waals surface area contributed by atoms with E-state index in [1.165, 1.54) is 36.4 Å². The Kier molecular flexibility index (Phi) is 4.90. The molecule has 0 fully saturated rings. The minimum atomic E-state index is -0.457. The minimum absolute atomic E-state index is 0.194. The molecule has 0 saturated heterocycles. The first-order valence-corrected chi connectivity index (χ1v) is 6.99. The van der Waals surface area contributed by atoms with E-state index in [0.29, 0.717) is 12.3 Å². The predicted octanol–water partition coefficient (Wildman–Crippen LogP) is 4.38. The number of rotatable bonds is 4. The van der Waals surface area contributed by atoms with Crippen LogP contribution in [-0.4, -0.2) is 12.5 Å². The summed E-state index contributed by atoms with van der Waals surface area (Å²) in [5.74, 6) is -1.11. The Morgan fingerprint density at radius 1 is 1.24 bits per heavy atom. The van der Waals surface area contributed by atoms with Gasteiger partial charge in [-0.05, 0) is 53.2 Å². The second-order valence-corrected chi connectivity index (χ2v) is 5.01. The Balaban J connectivity index is 2.24. The Hall–Kier alpha value is -1.95. The summed E-state index contributed by atoms with van der Waals surface area (Å²) < 4.78 is 31.8. The average Bonchev–Trinajstić information content (AvgIpc) is 2.45. The third-order valence-electron chi connectivity index (χ3n) is 2.67. The van der Waals surface area contributed by atoms with Crippen LogP contribution in [0.15, 0.2) is 40.9 Å². The molecule has 0 heterocycles. The lowest BCUT2D eigenvalue weighted by Crippen LogP contribution is -2.13. The Bertz CT molecular complexity index is 677. The van der Waals surface area contributed by atoms with Gasteiger partial charge in [0.2, 0.25) is 0 Å². The number of amides is 1. The molecule has 0 bridgehead atoms. The largest absolute Gasteiger partial charge is 0.492 e. The zero-order valence-electron chi connectivity index (χ0n) is 11.1. The molecule has 1 amide bonds. The van der Waals surface area contributed by atoms with Crippen LogP contribution in [0.2, 0.25) is 0 Å². The maximum absolute atomic E-state index is 13.2. The predicted molar refractivity (Wildman–Crippen MR) is 79.6 cm³/mol. The van der Waals surface area contributed by atoms with Crippen LogP contribution in [0.4, 0.5) is 14.5 Å². The van der Waals surface area contributed by atoms with E-state index in [4.69, 9.17) is 4.74 Å². The molecule has 21 heavy (non-hydrogen) atoms. The highest BCUT2D eigenvalue weighted by molar-refractivity contribution is 9.10. The summed E-state index contributed by atoms with van der Waals surface area (Å²) in [7, 11) is 0. The fourth-order valence-electron chi connectivity index (χ4n) is 1.71. The lowest BCUT2D eigenvalue weighted by molar-refractivity contribution is 0.102. The normalized spacial score (nSPS) is 10.3. The fraction of sp³-hybridized carbons (Fsp3) is 0.133. The van der Waals surface area contributed by atoms with Crippen LogP contribution in [0.5, 0.6) is 5.75 Å². The molecule has 110 valence electrons. The SMILES string of the molecule is CCOc1cc(F)ccc1NC(=O)c1ccc(F)c(Br)c1. The smallest absolute Gasteiger partial charge is 0.255 e. The van der Waals surface area contributed by atoms with Gasteiger partial charge in [0.05, 0.1) is 16.8 Å². The molecule has 0 unspecified atom stereocenters. The number of carbonyl (C=O) groups excluding carboxylic acids is 1. The molecule has 0 aromatic heterocycles. The highest BCUT2D eigenvalue weighted by Gasteiger charge is 2.12. The van der Waals surface area contributed by atoms with Crippen LogP contribution >= 0.6 is 15.9 Å². The zero-order valence-corrected chi connectivity index (χ0v) is 12.7.